The number of rotatable bonds is 3. The number of nitrogens with two attached hydrogens (primary N) is 1. The number of nitrogen functional groups attached to an aromatic ring is 1. The van der Waals surface area contributed by atoms with Crippen LogP contribution in [0.4, 0.5) is 5.82 Å². The molecule has 13 heavy (non-hydrogen) atoms. The highest BCUT2D eigenvalue weighted by atomic mass is 16.1. The Hall–Kier alpha value is -1.32. The molecule has 0 aliphatic rings. The van der Waals surface area contributed by atoms with Crippen molar-refractivity contribution in [1.29, 1.82) is 0 Å². The second-order valence-electron chi connectivity index (χ2n) is 3.50. The molecular weight excluding hydrogens is 166 g/mol. The molecule has 0 aliphatic carbocycles. The monoisotopic (exact) mass is 181 g/mol. The van der Waals surface area contributed by atoms with Gasteiger partial charge in [0.2, 0.25) is 0 Å². The molecule has 0 spiro atoms. The molecule has 4 heteroatoms. The van der Waals surface area contributed by atoms with Crippen molar-refractivity contribution in [2.24, 2.45) is 5.92 Å². The van der Waals surface area contributed by atoms with E-state index in [2.05, 4.69) is 18.9 Å². The van der Waals surface area contributed by atoms with Gasteiger partial charge in [-0.3, -0.25) is 4.79 Å². The van der Waals surface area contributed by atoms with Crippen molar-refractivity contribution in [3.05, 3.63) is 22.5 Å². The number of anilines is 1. The predicted octanol–water partition coefficient (Wildman–Crippen LogP) is 0.872. The maximum Gasteiger partial charge on any atom is 0.266 e. The van der Waals surface area contributed by atoms with Gasteiger partial charge in [-0.2, -0.15) is 5.10 Å². The molecule has 0 unspecified atom stereocenters. The third-order valence-corrected chi connectivity index (χ3v) is 1.81. The lowest BCUT2D eigenvalue weighted by molar-refractivity contribution is 0.473. The summed E-state index contributed by atoms with van der Waals surface area (Å²) >= 11 is 0. The minimum atomic E-state index is -0.0881. The fourth-order valence-electron chi connectivity index (χ4n) is 1.01. The number of aryl methyl sites for hydroxylation is 1. The van der Waals surface area contributed by atoms with E-state index in [-0.39, 0.29) is 5.56 Å². The predicted molar refractivity (Wildman–Crippen MR) is 52.4 cm³/mol. The number of aromatic nitrogens is 2. The minimum absolute atomic E-state index is 0.0881. The topological polar surface area (TPSA) is 60.9 Å². The molecule has 0 atom stereocenters. The third-order valence-electron chi connectivity index (χ3n) is 1.81. The van der Waals surface area contributed by atoms with E-state index in [1.54, 1.807) is 0 Å². The number of nitrogens with zero attached hydrogens (tertiary/aromatic N) is 2. The van der Waals surface area contributed by atoms with Crippen LogP contribution in [0.3, 0.4) is 0 Å². The maximum atomic E-state index is 11.2. The Kier molecular flexibility index (Phi) is 3.06. The maximum absolute atomic E-state index is 11.2. The highest BCUT2D eigenvalue weighted by Gasteiger charge is 1.99. The third kappa shape index (κ3) is 2.89. The molecule has 1 aromatic heterocycles. The first-order chi connectivity index (χ1) is 6.09. The summed E-state index contributed by atoms with van der Waals surface area (Å²) in [6.45, 7) is 4.86. The normalized spacial score (nSPS) is 10.7. The van der Waals surface area contributed by atoms with Crippen molar-refractivity contribution in [2.45, 2.75) is 26.8 Å². The van der Waals surface area contributed by atoms with E-state index in [0.29, 0.717) is 18.3 Å². The van der Waals surface area contributed by atoms with Crippen molar-refractivity contribution in [2.75, 3.05) is 5.73 Å². The van der Waals surface area contributed by atoms with E-state index in [1.807, 2.05) is 0 Å². The van der Waals surface area contributed by atoms with E-state index in [4.69, 9.17) is 5.73 Å². The molecular formula is C9H15N3O. The fraction of sp³-hybridized carbons (Fsp3) is 0.556. The summed E-state index contributed by atoms with van der Waals surface area (Å²) in [7, 11) is 0. The number of hydrogen-bond donors (Lipinski definition) is 1. The molecule has 0 radical (unpaired) electrons. The molecule has 72 valence electrons. The van der Waals surface area contributed by atoms with Gasteiger partial charge in [0, 0.05) is 12.6 Å². The lowest BCUT2D eigenvalue weighted by atomic mass is 10.1. The van der Waals surface area contributed by atoms with E-state index >= 15 is 0 Å². The van der Waals surface area contributed by atoms with Gasteiger partial charge >= 0.3 is 0 Å². The Morgan fingerprint density at radius 3 is 2.85 bits per heavy atom. The zero-order valence-corrected chi connectivity index (χ0v) is 8.03. The van der Waals surface area contributed by atoms with E-state index in [1.165, 1.54) is 16.8 Å². The molecule has 0 fully saturated rings. The summed E-state index contributed by atoms with van der Waals surface area (Å²) in [5.41, 5.74) is 5.37. The van der Waals surface area contributed by atoms with Crippen LogP contribution in [0.5, 0.6) is 0 Å². The standard InChI is InChI=1S/C9H15N3O/c1-7(2)5-6-12-9(13)4-3-8(10)11-12/h3-4,7H,5-6H2,1-2H3,(H2,10,11). The summed E-state index contributed by atoms with van der Waals surface area (Å²) in [6, 6.07) is 2.97. The van der Waals surface area contributed by atoms with Crippen LogP contribution in [0.2, 0.25) is 0 Å². The highest BCUT2D eigenvalue weighted by Crippen LogP contribution is 2.00. The summed E-state index contributed by atoms with van der Waals surface area (Å²) in [6.07, 6.45) is 0.941. The average Bonchev–Trinajstić information content (AvgIpc) is 2.06. The van der Waals surface area contributed by atoms with Crippen molar-refractivity contribution in [1.82, 2.24) is 9.78 Å². The van der Waals surface area contributed by atoms with Gasteiger partial charge in [0.05, 0.1) is 0 Å². The molecule has 0 aromatic carbocycles. The van der Waals surface area contributed by atoms with Gasteiger partial charge in [0.15, 0.2) is 0 Å². The molecule has 0 aliphatic heterocycles. The lowest BCUT2D eigenvalue weighted by Gasteiger charge is -2.06. The van der Waals surface area contributed by atoms with Crippen LogP contribution in [-0.2, 0) is 6.54 Å². The summed E-state index contributed by atoms with van der Waals surface area (Å²) < 4.78 is 1.41. The zero-order chi connectivity index (χ0) is 9.84. The van der Waals surface area contributed by atoms with Gasteiger partial charge in [-0.15, -0.1) is 0 Å². The molecule has 1 aromatic rings. The van der Waals surface area contributed by atoms with Crippen LogP contribution in [0.15, 0.2) is 16.9 Å². The van der Waals surface area contributed by atoms with Crippen LogP contribution in [0.1, 0.15) is 20.3 Å². The second kappa shape index (κ2) is 4.07. The lowest BCUT2D eigenvalue weighted by Crippen LogP contribution is -2.23. The van der Waals surface area contributed by atoms with Crippen molar-refractivity contribution >= 4 is 5.82 Å². The van der Waals surface area contributed by atoms with Gasteiger partial charge in [-0.25, -0.2) is 4.68 Å². The quantitative estimate of drug-likeness (QED) is 0.752. The van der Waals surface area contributed by atoms with Crippen molar-refractivity contribution in [3.8, 4) is 0 Å². The van der Waals surface area contributed by atoms with E-state index in [9.17, 15) is 4.79 Å². The van der Waals surface area contributed by atoms with Gasteiger partial charge in [-0.1, -0.05) is 13.8 Å². The summed E-state index contributed by atoms with van der Waals surface area (Å²) in [5, 5.41) is 3.93. The van der Waals surface area contributed by atoms with Crippen molar-refractivity contribution < 1.29 is 0 Å². The zero-order valence-electron chi connectivity index (χ0n) is 8.03. The Bertz CT molecular complexity index is 330. The molecule has 0 amide bonds. The molecule has 0 saturated heterocycles. The van der Waals surface area contributed by atoms with Gasteiger partial charge in [0.1, 0.15) is 5.82 Å². The highest BCUT2D eigenvalue weighted by molar-refractivity contribution is 5.23. The molecule has 0 bridgehead atoms. The van der Waals surface area contributed by atoms with Crippen LogP contribution >= 0.6 is 0 Å². The first-order valence-electron chi connectivity index (χ1n) is 4.43. The van der Waals surface area contributed by atoms with E-state index < -0.39 is 0 Å². The SMILES string of the molecule is CC(C)CCn1nc(N)ccc1=O. The Morgan fingerprint density at radius 2 is 2.23 bits per heavy atom. The fourth-order valence-corrected chi connectivity index (χ4v) is 1.01. The van der Waals surface area contributed by atoms with Crippen LogP contribution in [-0.4, -0.2) is 9.78 Å². The average molecular weight is 181 g/mol. The van der Waals surface area contributed by atoms with Gasteiger partial charge < -0.3 is 5.73 Å². The van der Waals surface area contributed by atoms with Gasteiger partial charge in [0.25, 0.3) is 5.56 Å². The van der Waals surface area contributed by atoms with Crippen LogP contribution in [0.25, 0.3) is 0 Å². The minimum Gasteiger partial charge on any atom is -0.382 e. The Morgan fingerprint density at radius 1 is 1.54 bits per heavy atom. The summed E-state index contributed by atoms with van der Waals surface area (Å²) in [4.78, 5) is 11.2. The number of hydrogen-bond acceptors (Lipinski definition) is 3. The second-order valence-corrected chi connectivity index (χ2v) is 3.50. The molecule has 1 rings (SSSR count). The first-order valence-corrected chi connectivity index (χ1v) is 4.43. The van der Waals surface area contributed by atoms with Crippen LogP contribution in [0, 0.1) is 5.92 Å². The molecule has 0 saturated carbocycles. The summed E-state index contributed by atoms with van der Waals surface area (Å²) in [5.74, 6) is 0.957. The molecule has 4 nitrogen and oxygen atoms in total. The molecule has 2 N–H and O–H groups in total. The largest absolute Gasteiger partial charge is 0.382 e. The van der Waals surface area contributed by atoms with Crippen LogP contribution < -0.4 is 11.3 Å². The first kappa shape index (κ1) is 9.77. The molecule has 1 heterocycles. The Labute approximate surface area is 77.4 Å². The Balaban J connectivity index is 2.76. The van der Waals surface area contributed by atoms with E-state index in [0.717, 1.165) is 6.42 Å². The van der Waals surface area contributed by atoms with Crippen molar-refractivity contribution in [3.63, 3.8) is 0 Å². The van der Waals surface area contributed by atoms with Gasteiger partial charge in [-0.05, 0) is 18.4 Å². The smallest absolute Gasteiger partial charge is 0.266 e.